The third kappa shape index (κ3) is 4.94. The summed E-state index contributed by atoms with van der Waals surface area (Å²) in [5.41, 5.74) is 6.12. The molecule has 0 bridgehead atoms. The summed E-state index contributed by atoms with van der Waals surface area (Å²) in [6.07, 6.45) is 2.90. The number of nitrogens with zero attached hydrogens (tertiary/aromatic N) is 1. The largest absolute Gasteiger partial charge is 0.379 e. The minimum atomic E-state index is 0.0968. The second-order valence-electron chi connectivity index (χ2n) is 6.79. The molecule has 1 saturated carbocycles. The van der Waals surface area contributed by atoms with E-state index in [-0.39, 0.29) is 17.9 Å². The zero-order valence-corrected chi connectivity index (χ0v) is 13.5. The van der Waals surface area contributed by atoms with Crippen molar-refractivity contribution in [1.29, 1.82) is 0 Å². The first-order valence-corrected chi connectivity index (χ1v) is 8.41. The number of carbonyl (C=O) groups excluding carboxylic acids is 1. The van der Waals surface area contributed by atoms with Crippen LogP contribution in [0.4, 0.5) is 0 Å². The third-order valence-corrected chi connectivity index (χ3v) is 5.08. The maximum atomic E-state index is 12.3. The van der Waals surface area contributed by atoms with E-state index in [2.05, 4.69) is 24.1 Å². The summed E-state index contributed by atoms with van der Waals surface area (Å²) in [5.74, 6) is 1.27. The normalized spacial score (nSPS) is 34.6. The zero-order valence-electron chi connectivity index (χ0n) is 13.5. The summed E-state index contributed by atoms with van der Waals surface area (Å²) >= 11 is 0. The van der Waals surface area contributed by atoms with Crippen LogP contribution in [-0.4, -0.2) is 56.2 Å². The maximum absolute atomic E-state index is 12.3. The van der Waals surface area contributed by atoms with Crippen LogP contribution in [0.3, 0.4) is 0 Å². The molecule has 0 aromatic heterocycles. The van der Waals surface area contributed by atoms with Crippen molar-refractivity contribution in [1.82, 2.24) is 10.2 Å². The molecule has 0 spiro atoms. The van der Waals surface area contributed by atoms with Crippen molar-refractivity contribution in [3.05, 3.63) is 0 Å². The van der Waals surface area contributed by atoms with Crippen LogP contribution in [0.2, 0.25) is 0 Å². The molecule has 0 aromatic rings. The van der Waals surface area contributed by atoms with E-state index in [0.717, 1.165) is 58.7 Å². The Balaban J connectivity index is 1.64. The Morgan fingerprint density at radius 2 is 1.95 bits per heavy atom. The van der Waals surface area contributed by atoms with Crippen molar-refractivity contribution >= 4 is 5.91 Å². The SMILES string of the molecule is CC1CC(C)C(C(=O)NCCCN2CCOCC2)CC1N. The highest BCUT2D eigenvalue weighted by Gasteiger charge is 2.34. The van der Waals surface area contributed by atoms with Gasteiger partial charge in [0.1, 0.15) is 0 Å². The monoisotopic (exact) mass is 297 g/mol. The number of nitrogens with one attached hydrogen (secondary N) is 1. The highest BCUT2D eigenvalue weighted by molar-refractivity contribution is 5.79. The maximum Gasteiger partial charge on any atom is 0.223 e. The molecule has 3 N–H and O–H groups in total. The van der Waals surface area contributed by atoms with Crippen LogP contribution in [0, 0.1) is 17.8 Å². The summed E-state index contributed by atoms with van der Waals surface area (Å²) in [6, 6.07) is 0.172. The first kappa shape index (κ1) is 16.7. The van der Waals surface area contributed by atoms with Crippen LogP contribution >= 0.6 is 0 Å². The van der Waals surface area contributed by atoms with Gasteiger partial charge in [0.2, 0.25) is 5.91 Å². The lowest BCUT2D eigenvalue weighted by molar-refractivity contribution is -0.128. The second kappa shape index (κ2) is 8.11. The van der Waals surface area contributed by atoms with E-state index >= 15 is 0 Å². The Morgan fingerprint density at radius 1 is 1.24 bits per heavy atom. The minimum Gasteiger partial charge on any atom is -0.379 e. The lowest BCUT2D eigenvalue weighted by Gasteiger charge is -2.36. The van der Waals surface area contributed by atoms with E-state index in [9.17, 15) is 4.79 Å². The Labute approximate surface area is 128 Å². The number of ether oxygens (including phenoxy) is 1. The number of amides is 1. The first-order valence-electron chi connectivity index (χ1n) is 8.41. The number of hydrogen-bond acceptors (Lipinski definition) is 4. The Kier molecular flexibility index (Phi) is 6.45. The van der Waals surface area contributed by atoms with E-state index in [4.69, 9.17) is 10.5 Å². The number of nitrogens with two attached hydrogens (primary N) is 1. The van der Waals surface area contributed by atoms with Gasteiger partial charge in [-0.15, -0.1) is 0 Å². The van der Waals surface area contributed by atoms with E-state index in [1.807, 2.05) is 0 Å². The summed E-state index contributed by atoms with van der Waals surface area (Å²) < 4.78 is 5.33. The molecule has 0 radical (unpaired) electrons. The minimum absolute atomic E-state index is 0.0968. The highest BCUT2D eigenvalue weighted by atomic mass is 16.5. The molecule has 1 saturated heterocycles. The van der Waals surface area contributed by atoms with Gasteiger partial charge < -0.3 is 15.8 Å². The number of carbonyl (C=O) groups is 1. The van der Waals surface area contributed by atoms with Crippen molar-refractivity contribution in [2.75, 3.05) is 39.4 Å². The predicted molar refractivity (Wildman–Crippen MR) is 83.9 cm³/mol. The zero-order chi connectivity index (χ0) is 15.2. The van der Waals surface area contributed by atoms with Crippen molar-refractivity contribution in [3.8, 4) is 0 Å². The molecule has 1 aliphatic heterocycles. The number of morpholine rings is 1. The lowest BCUT2D eigenvalue weighted by Crippen LogP contribution is -2.45. The number of hydrogen-bond donors (Lipinski definition) is 2. The molecule has 2 aliphatic rings. The summed E-state index contributed by atoms with van der Waals surface area (Å²) in [7, 11) is 0. The van der Waals surface area contributed by atoms with Gasteiger partial charge in [-0.1, -0.05) is 13.8 Å². The standard InChI is InChI=1S/C16H31N3O2/c1-12-10-13(2)15(17)11-14(12)16(20)18-4-3-5-19-6-8-21-9-7-19/h12-15H,3-11,17H2,1-2H3,(H,18,20). The van der Waals surface area contributed by atoms with Gasteiger partial charge in [-0.2, -0.15) is 0 Å². The van der Waals surface area contributed by atoms with Gasteiger partial charge in [0.15, 0.2) is 0 Å². The second-order valence-corrected chi connectivity index (χ2v) is 6.79. The van der Waals surface area contributed by atoms with Crippen LogP contribution in [0.15, 0.2) is 0 Å². The van der Waals surface area contributed by atoms with Crippen molar-refractivity contribution in [3.63, 3.8) is 0 Å². The molecule has 5 heteroatoms. The molecule has 1 amide bonds. The topological polar surface area (TPSA) is 67.6 Å². The summed E-state index contributed by atoms with van der Waals surface area (Å²) in [5, 5.41) is 3.11. The van der Waals surface area contributed by atoms with Gasteiger partial charge in [-0.05, 0) is 37.6 Å². The van der Waals surface area contributed by atoms with Crippen LogP contribution in [0.25, 0.3) is 0 Å². The average Bonchev–Trinajstić information content (AvgIpc) is 2.48. The fourth-order valence-electron chi connectivity index (χ4n) is 3.52. The molecule has 2 rings (SSSR count). The smallest absolute Gasteiger partial charge is 0.223 e. The van der Waals surface area contributed by atoms with E-state index < -0.39 is 0 Å². The highest BCUT2D eigenvalue weighted by Crippen LogP contribution is 2.32. The quantitative estimate of drug-likeness (QED) is 0.738. The fraction of sp³-hybridized carbons (Fsp3) is 0.938. The van der Waals surface area contributed by atoms with Crippen LogP contribution in [0.1, 0.15) is 33.1 Å². The molecule has 4 atom stereocenters. The molecule has 122 valence electrons. The van der Waals surface area contributed by atoms with E-state index in [0.29, 0.717) is 11.8 Å². The number of rotatable bonds is 5. The molecule has 0 aromatic carbocycles. The van der Waals surface area contributed by atoms with Gasteiger partial charge in [0.05, 0.1) is 13.2 Å². The molecular weight excluding hydrogens is 266 g/mol. The summed E-state index contributed by atoms with van der Waals surface area (Å²) in [4.78, 5) is 14.7. The molecule has 1 aliphatic carbocycles. The van der Waals surface area contributed by atoms with Crippen LogP contribution in [0.5, 0.6) is 0 Å². The molecule has 1 heterocycles. The van der Waals surface area contributed by atoms with Crippen LogP contribution < -0.4 is 11.1 Å². The lowest BCUT2D eigenvalue weighted by atomic mass is 9.72. The van der Waals surface area contributed by atoms with Gasteiger partial charge in [0, 0.05) is 31.6 Å². The fourth-order valence-corrected chi connectivity index (χ4v) is 3.52. The van der Waals surface area contributed by atoms with Crippen molar-refractivity contribution in [2.45, 2.75) is 39.2 Å². The van der Waals surface area contributed by atoms with Crippen molar-refractivity contribution in [2.24, 2.45) is 23.5 Å². The average molecular weight is 297 g/mol. The molecule has 21 heavy (non-hydrogen) atoms. The molecule has 2 fully saturated rings. The van der Waals surface area contributed by atoms with Crippen LogP contribution in [-0.2, 0) is 9.53 Å². The van der Waals surface area contributed by atoms with E-state index in [1.54, 1.807) is 0 Å². The Hall–Kier alpha value is -0.650. The summed E-state index contributed by atoms with van der Waals surface area (Å²) in [6.45, 7) is 9.88. The Morgan fingerprint density at radius 3 is 2.67 bits per heavy atom. The van der Waals surface area contributed by atoms with Gasteiger partial charge >= 0.3 is 0 Å². The predicted octanol–water partition coefficient (Wildman–Crippen LogP) is 0.834. The van der Waals surface area contributed by atoms with Gasteiger partial charge in [-0.3, -0.25) is 9.69 Å². The molecule has 5 nitrogen and oxygen atoms in total. The van der Waals surface area contributed by atoms with Gasteiger partial charge in [-0.25, -0.2) is 0 Å². The van der Waals surface area contributed by atoms with Gasteiger partial charge in [0.25, 0.3) is 0 Å². The van der Waals surface area contributed by atoms with E-state index in [1.165, 1.54) is 0 Å². The first-order chi connectivity index (χ1) is 10.1. The van der Waals surface area contributed by atoms with Crippen molar-refractivity contribution < 1.29 is 9.53 Å². The molecule has 4 unspecified atom stereocenters. The Bertz CT molecular complexity index is 331. The molecular formula is C16H31N3O2. The third-order valence-electron chi connectivity index (χ3n) is 5.08.